The van der Waals surface area contributed by atoms with Crippen LogP contribution in [0.1, 0.15) is 29.6 Å². The molecule has 1 aromatic heterocycles. The summed E-state index contributed by atoms with van der Waals surface area (Å²) in [7, 11) is 0. The second kappa shape index (κ2) is 6.52. The average Bonchev–Trinajstić information content (AvgIpc) is 2.95. The van der Waals surface area contributed by atoms with E-state index in [1.807, 2.05) is 24.3 Å². The maximum Gasteiger partial charge on any atom is 0.241 e. The standard InChI is InChI=1S/C17H14BrCl2N5/c18-10-3-1-9(2-4-10)14-8-15(12-6-5-11(19)7-13(12)20)25-17(22-14)23-16(21)24-25/h1-7,14-15H,8H2,(H3,21,22,23,24)/t14-,15-/m0/s1. The molecule has 0 radical (unpaired) electrons. The SMILES string of the molecule is Nc1nc2n(n1)[C@H](c1ccc(Cl)cc1Cl)C[C@@H](c1ccc(Br)cc1)N2. The quantitative estimate of drug-likeness (QED) is 0.585. The van der Waals surface area contributed by atoms with Crippen molar-refractivity contribution in [1.29, 1.82) is 0 Å². The van der Waals surface area contributed by atoms with Crippen LogP contribution in [0.4, 0.5) is 11.9 Å². The second-order valence-electron chi connectivity index (χ2n) is 5.90. The number of benzene rings is 2. The number of nitrogens with one attached hydrogen (secondary N) is 1. The maximum atomic E-state index is 6.45. The zero-order valence-corrected chi connectivity index (χ0v) is 16.1. The summed E-state index contributed by atoms with van der Waals surface area (Å²) in [5.74, 6) is 0.863. The minimum atomic E-state index is -0.0838. The molecule has 25 heavy (non-hydrogen) atoms. The molecule has 0 bridgehead atoms. The van der Waals surface area contributed by atoms with Gasteiger partial charge in [-0.05, 0) is 41.8 Å². The van der Waals surface area contributed by atoms with Crippen molar-refractivity contribution >= 4 is 51.0 Å². The number of anilines is 2. The van der Waals surface area contributed by atoms with Crippen LogP contribution in [-0.2, 0) is 0 Å². The Morgan fingerprint density at radius 2 is 1.92 bits per heavy atom. The molecule has 4 rings (SSSR count). The third-order valence-corrected chi connectivity index (χ3v) is 5.39. The summed E-state index contributed by atoms with van der Waals surface area (Å²) >= 11 is 16.0. The molecule has 0 unspecified atom stereocenters. The van der Waals surface area contributed by atoms with Crippen LogP contribution in [0.2, 0.25) is 10.0 Å². The van der Waals surface area contributed by atoms with E-state index < -0.39 is 0 Å². The lowest BCUT2D eigenvalue weighted by molar-refractivity contribution is 0.431. The molecule has 0 spiro atoms. The Kier molecular flexibility index (Phi) is 4.35. The Balaban J connectivity index is 1.78. The largest absolute Gasteiger partial charge is 0.366 e. The number of hydrogen-bond acceptors (Lipinski definition) is 4. The molecule has 128 valence electrons. The van der Waals surface area contributed by atoms with Gasteiger partial charge in [0, 0.05) is 14.5 Å². The van der Waals surface area contributed by atoms with E-state index in [0.717, 1.165) is 22.0 Å². The molecule has 0 fully saturated rings. The molecule has 0 saturated heterocycles. The molecule has 1 aliphatic rings. The number of halogens is 3. The molecule has 2 heterocycles. The zero-order valence-electron chi connectivity index (χ0n) is 13.0. The number of nitrogens with two attached hydrogens (primary N) is 1. The van der Waals surface area contributed by atoms with Crippen LogP contribution in [-0.4, -0.2) is 14.8 Å². The summed E-state index contributed by atoms with van der Waals surface area (Å²) in [4.78, 5) is 4.31. The molecule has 2 atom stereocenters. The topological polar surface area (TPSA) is 68.8 Å². The normalized spacial score (nSPS) is 19.3. The molecule has 0 saturated carbocycles. The summed E-state index contributed by atoms with van der Waals surface area (Å²) in [5, 5.41) is 8.95. The van der Waals surface area contributed by atoms with Gasteiger partial charge >= 0.3 is 0 Å². The van der Waals surface area contributed by atoms with Crippen molar-refractivity contribution in [3.8, 4) is 0 Å². The molecule has 8 heteroatoms. The van der Waals surface area contributed by atoms with Gasteiger partial charge in [0.2, 0.25) is 11.9 Å². The summed E-state index contributed by atoms with van der Waals surface area (Å²) in [5.41, 5.74) is 7.93. The van der Waals surface area contributed by atoms with E-state index in [2.05, 4.69) is 43.5 Å². The van der Waals surface area contributed by atoms with Crippen molar-refractivity contribution in [2.45, 2.75) is 18.5 Å². The van der Waals surface area contributed by atoms with E-state index in [0.29, 0.717) is 16.0 Å². The average molecular weight is 439 g/mol. The van der Waals surface area contributed by atoms with Gasteiger partial charge in [-0.1, -0.05) is 57.3 Å². The molecule has 0 amide bonds. The molecular weight excluding hydrogens is 425 g/mol. The molecule has 1 aliphatic heterocycles. The van der Waals surface area contributed by atoms with Gasteiger partial charge in [-0.25, -0.2) is 4.68 Å². The number of fused-ring (bicyclic) bond motifs is 1. The van der Waals surface area contributed by atoms with E-state index in [9.17, 15) is 0 Å². The number of rotatable bonds is 2. The van der Waals surface area contributed by atoms with Crippen LogP contribution < -0.4 is 11.1 Å². The lowest BCUT2D eigenvalue weighted by Crippen LogP contribution is -2.28. The minimum absolute atomic E-state index is 0.0703. The highest BCUT2D eigenvalue weighted by Crippen LogP contribution is 2.40. The van der Waals surface area contributed by atoms with Crippen molar-refractivity contribution in [1.82, 2.24) is 14.8 Å². The van der Waals surface area contributed by atoms with Crippen molar-refractivity contribution in [3.05, 3.63) is 68.1 Å². The van der Waals surface area contributed by atoms with Crippen LogP contribution in [0, 0.1) is 0 Å². The van der Waals surface area contributed by atoms with Gasteiger partial charge in [0.25, 0.3) is 0 Å². The second-order valence-corrected chi connectivity index (χ2v) is 7.66. The fourth-order valence-corrected chi connectivity index (χ4v) is 3.94. The number of aromatic nitrogens is 3. The van der Waals surface area contributed by atoms with Crippen molar-refractivity contribution in [2.75, 3.05) is 11.1 Å². The van der Waals surface area contributed by atoms with Crippen molar-refractivity contribution in [2.24, 2.45) is 0 Å². The number of hydrogen-bond donors (Lipinski definition) is 2. The van der Waals surface area contributed by atoms with Crippen molar-refractivity contribution < 1.29 is 0 Å². The first-order valence-electron chi connectivity index (χ1n) is 7.70. The molecule has 0 aliphatic carbocycles. The summed E-state index contributed by atoms with van der Waals surface area (Å²) in [6, 6.07) is 13.7. The lowest BCUT2D eigenvalue weighted by Gasteiger charge is -2.32. The third kappa shape index (κ3) is 3.21. The Morgan fingerprint density at radius 1 is 1.16 bits per heavy atom. The summed E-state index contributed by atoms with van der Waals surface area (Å²) in [6.07, 6.45) is 0.763. The van der Waals surface area contributed by atoms with Crippen LogP contribution in [0.25, 0.3) is 0 Å². The minimum Gasteiger partial charge on any atom is -0.366 e. The van der Waals surface area contributed by atoms with E-state index in [-0.39, 0.29) is 18.0 Å². The Labute approximate surface area is 163 Å². The van der Waals surface area contributed by atoms with Gasteiger partial charge < -0.3 is 11.1 Å². The number of nitrogen functional groups attached to an aromatic ring is 1. The fraction of sp³-hybridized carbons (Fsp3) is 0.176. The zero-order chi connectivity index (χ0) is 17.6. The predicted molar refractivity (Wildman–Crippen MR) is 104 cm³/mol. The molecule has 3 aromatic rings. The van der Waals surface area contributed by atoms with Gasteiger partial charge in [0.15, 0.2) is 0 Å². The van der Waals surface area contributed by atoms with Crippen molar-refractivity contribution in [3.63, 3.8) is 0 Å². The Morgan fingerprint density at radius 3 is 2.64 bits per heavy atom. The molecule has 5 nitrogen and oxygen atoms in total. The number of nitrogens with zero attached hydrogens (tertiary/aromatic N) is 3. The predicted octanol–water partition coefficient (Wildman–Crippen LogP) is 5.08. The Bertz CT molecular complexity index is 925. The highest BCUT2D eigenvalue weighted by atomic mass is 79.9. The van der Waals surface area contributed by atoms with Gasteiger partial charge in [-0.15, -0.1) is 5.10 Å². The third-order valence-electron chi connectivity index (χ3n) is 4.30. The summed E-state index contributed by atoms with van der Waals surface area (Å²) in [6.45, 7) is 0. The molecular formula is C17H14BrCl2N5. The highest BCUT2D eigenvalue weighted by molar-refractivity contribution is 9.10. The summed E-state index contributed by atoms with van der Waals surface area (Å²) < 4.78 is 2.83. The maximum absolute atomic E-state index is 6.45. The Hall–Kier alpha value is -1.76. The van der Waals surface area contributed by atoms with E-state index in [4.69, 9.17) is 28.9 Å². The van der Waals surface area contributed by atoms with Gasteiger partial charge in [-0.3, -0.25) is 0 Å². The van der Waals surface area contributed by atoms with E-state index >= 15 is 0 Å². The van der Waals surface area contributed by atoms with Crippen LogP contribution in [0.3, 0.4) is 0 Å². The van der Waals surface area contributed by atoms with Gasteiger partial charge in [-0.2, -0.15) is 4.98 Å². The lowest BCUT2D eigenvalue weighted by atomic mass is 9.93. The smallest absolute Gasteiger partial charge is 0.241 e. The van der Waals surface area contributed by atoms with E-state index in [1.54, 1.807) is 10.7 Å². The first-order valence-corrected chi connectivity index (χ1v) is 9.25. The molecule has 3 N–H and O–H groups in total. The van der Waals surface area contributed by atoms with Crippen LogP contribution >= 0.6 is 39.1 Å². The fourth-order valence-electron chi connectivity index (χ4n) is 3.14. The van der Waals surface area contributed by atoms with Gasteiger partial charge in [0.1, 0.15) is 0 Å². The van der Waals surface area contributed by atoms with Gasteiger partial charge in [0.05, 0.1) is 12.1 Å². The van der Waals surface area contributed by atoms with Crippen LogP contribution in [0.15, 0.2) is 46.9 Å². The first-order chi connectivity index (χ1) is 12.0. The molecule has 2 aromatic carbocycles. The monoisotopic (exact) mass is 437 g/mol. The highest BCUT2D eigenvalue weighted by Gasteiger charge is 2.32. The van der Waals surface area contributed by atoms with Crippen LogP contribution in [0.5, 0.6) is 0 Å². The van der Waals surface area contributed by atoms with E-state index in [1.165, 1.54) is 0 Å². The first kappa shape index (κ1) is 16.7.